The first-order valence-electron chi connectivity index (χ1n) is 11.1. The number of esters is 1. The first kappa shape index (κ1) is 25.3. The van der Waals surface area contributed by atoms with Crippen LogP contribution in [0.25, 0.3) is 6.08 Å². The lowest BCUT2D eigenvalue weighted by molar-refractivity contribution is -0.129. The fourth-order valence-corrected chi connectivity index (χ4v) is 3.93. The van der Waals surface area contributed by atoms with Gasteiger partial charge in [0.1, 0.15) is 6.61 Å². The Kier molecular flexibility index (Phi) is 7.93. The van der Waals surface area contributed by atoms with Gasteiger partial charge in [0.2, 0.25) is 11.8 Å². The van der Waals surface area contributed by atoms with Gasteiger partial charge in [0.05, 0.1) is 11.6 Å². The second-order valence-electron chi connectivity index (χ2n) is 7.78. The number of hydrogen-bond acceptors (Lipinski definition) is 6. The molecule has 1 heterocycles. The smallest absolute Gasteiger partial charge is 0.363 e. The number of ether oxygens (including phenoxy) is 3. The van der Waals surface area contributed by atoms with Gasteiger partial charge in [-0.3, -0.25) is 4.79 Å². The quantitative estimate of drug-likeness (QED) is 0.277. The van der Waals surface area contributed by atoms with Crippen molar-refractivity contribution >= 4 is 52.7 Å². The number of anilines is 1. The molecule has 0 unspecified atom stereocenters. The highest BCUT2D eigenvalue weighted by atomic mass is 35.5. The van der Waals surface area contributed by atoms with Crippen LogP contribution in [-0.2, 0) is 20.9 Å². The van der Waals surface area contributed by atoms with Crippen LogP contribution in [0.4, 0.5) is 5.69 Å². The lowest BCUT2D eigenvalue weighted by Gasteiger charge is -2.14. The molecule has 0 radical (unpaired) electrons. The molecule has 0 aliphatic carbocycles. The van der Waals surface area contributed by atoms with Crippen LogP contribution in [0.5, 0.6) is 11.5 Å². The molecular formula is C27H22Cl2N2O5. The molecule has 3 aromatic carbocycles. The molecule has 0 atom stereocenters. The molecule has 0 spiro atoms. The molecule has 3 aromatic rings. The lowest BCUT2D eigenvalue weighted by atomic mass is 10.1. The van der Waals surface area contributed by atoms with Gasteiger partial charge in [0, 0.05) is 23.2 Å². The zero-order chi connectivity index (χ0) is 25.7. The number of amides is 1. The van der Waals surface area contributed by atoms with Gasteiger partial charge in [-0.05, 0) is 72.7 Å². The van der Waals surface area contributed by atoms with Crippen LogP contribution in [0.3, 0.4) is 0 Å². The number of hydrogen-bond donors (Lipinski definition) is 1. The Hall–Kier alpha value is -3.81. The van der Waals surface area contributed by atoms with Crippen LogP contribution in [0.15, 0.2) is 71.4 Å². The van der Waals surface area contributed by atoms with E-state index in [4.69, 9.17) is 37.4 Å². The highest BCUT2D eigenvalue weighted by Crippen LogP contribution is 2.38. The molecule has 0 aromatic heterocycles. The third-order valence-corrected chi connectivity index (χ3v) is 5.50. The van der Waals surface area contributed by atoms with Crippen LogP contribution < -0.4 is 14.8 Å². The fraction of sp³-hybridized carbons (Fsp3) is 0.148. The summed E-state index contributed by atoms with van der Waals surface area (Å²) < 4.78 is 17.0. The predicted molar refractivity (Wildman–Crippen MR) is 140 cm³/mol. The minimum atomic E-state index is -0.591. The summed E-state index contributed by atoms with van der Waals surface area (Å²) >= 11 is 12.6. The van der Waals surface area contributed by atoms with Crippen LogP contribution >= 0.6 is 23.2 Å². The number of carbonyl (C=O) groups excluding carboxylic acids is 2. The number of cyclic esters (lactones) is 1. The maximum absolute atomic E-state index is 12.5. The monoisotopic (exact) mass is 524 g/mol. The largest absolute Gasteiger partial charge is 0.490 e. The Bertz CT molecular complexity index is 1370. The summed E-state index contributed by atoms with van der Waals surface area (Å²) in [5, 5.41) is 3.61. The SMILES string of the molecule is CCOc1cc(/C=C2\N=C(c3ccc(NC(C)=O)cc3)OC2=O)cc(Cl)c1OCc1cccc(Cl)c1. The summed E-state index contributed by atoms with van der Waals surface area (Å²) in [6, 6.07) is 17.5. The van der Waals surface area contributed by atoms with Crippen molar-refractivity contribution in [2.75, 3.05) is 11.9 Å². The molecule has 4 rings (SSSR count). The topological polar surface area (TPSA) is 86.2 Å². The molecule has 36 heavy (non-hydrogen) atoms. The Balaban J connectivity index is 1.57. The van der Waals surface area contributed by atoms with E-state index >= 15 is 0 Å². The lowest BCUT2D eigenvalue weighted by Crippen LogP contribution is -2.07. The average Bonchev–Trinajstić information content (AvgIpc) is 3.19. The minimum absolute atomic E-state index is 0.113. The molecule has 1 amide bonds. The summed E-state index contributed by atoms with van der Waals surface area (Å²) in [4.78, 5) is 28.0. The molecule has 0 saturated carbocycles. The summed E-state index contributed by atoms with van der Waals surface area (Å²) in [5.41, 5.74) is 2.81. The average molecular weight is 525 g/mol. The molecule has 184 valence electrons. The zero-order valence-corrected chi connectivity index (χ0v) is 21.0. The number of aliphatic imine (C=N–C) groups is 1. The van der Waals surface area contributed by atoms with Gasteiger partial charge < -0.3 is 19.5 Å². The third-order valence-electron chi connectivity index (χ3n) is 4.98. The molecule has 1 aliphatic heterocycles. The second-order valence-corrected chi connectivity index (χ2v) is 8.62. The molecule has 1 aliphatic rings. The molecule has 0 bridgehead atoms. The molecular weight excluding hydrogens is 503 g/mol. The molecule has 7 nitrogen and oxygen atoms in total. The van der Waals surface area contributed by atoms with E-state index < -0.39 is 5.97 Å². The van der Waals surface area contributed by atoms with E-state index in [1.54, 1.807) is 48.5 Å². The van der Waals surface area contributed by atoms with E-state index in [0.717, 1.165) is 5.56 Å². The van der Waals surface area contributed by atoms with E-state index in [0.29, 0.717) is 45.0 Å². The number of benzene rings is 3. The predicted octanol–water partition coefficient (Wildman–Crippen LogP) is 6.27. The highest BCUT2D eigenvalue weighted by molar-refractivity contribution is 6.32. The first-order chi connectivity index (χ1) is 17.3. The van der Waals surface area contributed by atoms with E-state index in [1.807, 2.05) is 25.1 Å². The number of rotatable bonds is 8. The van der Waals surface area contributed by atoms with Gasteiger partial charge in [-0.1, -0.05) is 35.3 Å². The van der Waals surface area contributed by atoms with E-state index in [2.05, 4.69) is 10.3 Å². The van der Waals surface area contributed by atoms with Crippen molar-refractivity contribution in [1.82, 2.24) is 0 Å². The van der Waals surface area contributed by atoms with Crippen LogP contribution in [0.1, 0.15) is 30.5 Å². The van der Waals surface area contributed by atoms with Gasteiger partial charge in [-0.25, -0.2) is 9.79 Å². The van der Waals surface area contributed by atoms with E-state index in [1.165, 1.54) is 6.92 Å². The summed E-state index contributed by atoms with van der Waals surface area (Å²) in [6.45, 7) is 3.92. The minimum Gasteiger partial charge on any atom is -0.490 e. The number of carbonyl (C=O) groups is 2. The van der Waals surface area contributed by atoms with Gasteiger partial charge in [-0.15, -0.1) is 0 Å². The second kappa shape index (κ2) is 11.3. The number of nitrogens with one attached hydrogen (secondary N) is 1. The van der Waals surface area contributed by atoms with Crippen LogP contribution in [-0.4, -0.2) is 24.4 Å². The van der Waals surface area contributed by atoms with E-state index in [9.17, 15) is 9.59 Å². The standard InChI is InChI=1S/C27H22Cl2N2O5/c1-3-34-24-14-18(12-22(29)25(24)35-15-17-5-4-6-20(28)11-17)13-23-27(33)36-26(31-23)19-7-9-21(10-8-19)30-16(2)32/h4-14H,3,15H2,1-2H3,(H,30,32)/b23-13-. The Morgan fingerprint density at radius 2 is 1.86 bits per heavy atom. The maximum atomic E-state index is 12.5. The Labute approximate surface area is 218 Å². The maximum Gasteiger partial charge on any atom is 0.363 e. The first-order valence-corrected chi connectivity index (χ1v) is 11.8. The summed E-state index contributed by atoms with van der Waals surface area (Å²) in [5.74, 6) is 0.217. The van der Waals surface area contributed by atoms with Crippen molar-refractivity contribution in [3.63, 3.8) is 0 Å². The van der Waals surface area contributed by atoms with Crippen molar-refractivity contribution in [3.05, 3.63) is 93.1 Å². The van der Waals surface area contributed by atoms with Crippen molar-refractivity contribution in [2.45, 2.75) is 20.5 Å². The Morgan fingerprint density at radius 1 is 1.08 bits per heavy atom. The molecule has 0 fully saturated rings. The zero-order valence-electron chi connectivity index (χ0n) is 19.5. The summed E-state index contributed by atoms with van der Waals surface area (Å²) in [7, 11) is 0. The normalized spacial score (nSPS) is 13.8. The molecule has 9 heteroatoms. The van der Waals surface area contributed by atoms with E-state index in [-0.39, 0.29) is 24.1 Å². The number of nitrogens with zero attached hydrogens (tertiary/aromatic N) is 1. The van der Waals surface area contributed by atoms with Gasteiger partial charge in [-0.2, -0.15) is 0 Å². The van der Waals surface area contributed by atoms with Crippen molar-refractivity contribution in [1.29, 1.82) is 0 Å². The number of halogens is 2. The van der Waals surface area contributed by atoms with Crippen molar-refractivity contribution in [3.8, 4) is 11.5 Å². The highest BCUT2D eigenvalue weighted by Gasteiger charge is 2.24. The molecule has 1 N–H and O–H groups in total. The van der Waals surface area contributed by atoms with Crippen molar-refractivity contribution in [2.24, 2.45) is 4.99 Å². The fourth-order valence-electron chi connectivity index (χ4n) is 3.45. The van der Waals surface area contributed by atoms with Gasteiger partial charge in [0.15, 0.2) is 17.2 Å². The van der Waals surface area contributed by atoms with Gasteiger partial charge >= 0.3 is 5.97 Å². The molecule has 0 saturated heterocycles. The van der Waals surface area contributed by atoms with Crippen LogP contribution in [0.2, 0.25) is 10.0 Å². The summed E-state index contributed by atoms with van der Waals surface area (Å²) in [6.07, 6.45) is 1.57. The van der Waals surface area contributed by atoms with Gasteiger partial charge in [0.25, 0.3) is 0 Å². The van der Waals surface area contributed by atoms with Crippen molar-refractivity contribution < 1.29 is 23.8 Å². The van der Waals surface area contributed by atoms with Crippen LogP contribution in [0, 0.1) is 0 Å². The third kappa shape index (κ3) is 6.24. The Morgan fingerprint density at radius 3 is 2.56 bits per heavy atom.